The summed E-state index contributed by atoms with van der Waals surface area (Å²) in [6, 6.07) is 14.9. The lowest BCUT2D eigenvalue weighted by atomic mass is 9.85. The average Bonchev–Trinajstić information content (AvgIpc) is 3.02. The van der Waals surface area contributed by atoms with Crippen molar-refractivity contribution >= 4 is 5.57 Å². The summed E-state index contributed by atoms with van der Waals surface area (Å²) in [5, 5.41) is 3.88. The van der Waals surface area contributed by atoms with Gasteiger partial charge in [-0.05, 0) is 50.5 Å². The van der Waals surface area contributed by atoms with E-state index in [4.69, 9.17) is 14.2 Å². The Morgan fingerprint density at radius 3 is 1.89 bits per heavy atom. The lowest BCUT2D eigenvalue weighted by molar-refractivity contribution is 0.131. The second-order valence-electron chi connectivity index (χ2n) is 10.6. The van der Waals surface area contributed by atoms with Gasteiger partial charge >= 0.3 is 0 Å². The molecule has 0 spiro atoms. The molecule has 35 heavy (non-hydrogen) atoms. The van der Waals surface area contributed by atoms with Crippen molar-refractivity contribution in [2.24, 2.45) is 0 Å². The van der Waals surface area contributed by atoms with Crippen LogP contribution in [0.5, 0.6) is 17.2 Å². The molecule has 0 bridgehead atoms. The van der Waals surface area contributed by atoms with Gasteiger partial charge < -0.3 is 14.2 Å². The molecule has 1 saturated heterocycles. The van der Waals surface area contributed by atoms with E-state index in [2.05, 4.69) is 79.2 Å². The second-order valence-corrected chi connectivity index (χ2v) is 10.6. The predicted molar refractivity (Wildman–Crippen MR) is 142 cm³/mol. The number of hydrogen-bond donors (Lipinski definition) is 1. The summed E-state index contributed by atoms with van der Waals surface area (Å²) in [5.41, 5.74) is 5.29. The monoisotopic (exact) mass is 479 g/mol. The first-order valence-corrected chi connectivity index (χ1v) is 12.5. The topological polar surface area (TPSA) is 46.2 Å². The number of ether oxygens (including phenoxy) is 3. The Kier molecular flexibility index (Phi) is 7.46. The smallest absolute Gasteiger partial charge is 0.203 e. The first-order chi connectivity index (χ1) is 16.7. The van der Waals surface area contributed by atoms with Gasteiger partial charge in [-0.25, -0.2) is 0 Å². The lowest BCUT2D eigenvalue weighted by Crippen LogP contribution is -2.50. The molecule has 0 unspecified atom stereocenters. The van der Waals surface area contributed by atoms with Crippen molar-refractivity contribution in [1.29, 1.82) is 0 Å². The van der Waals surface area contributed by atoms with E-state index in [1.54, 1.807) is 21.3 Å². The Hall–Kier alpha value is -2.54. The zero-order valence-electron chi connectivity index (χ0n) is 22.4. The number of nitrogens with zero attached hydrogens (tertiary/aromatic N) is 2. The quantitative estimate of drug-likeness (QED) is 0.604. The van der Waals surface area contributed by atoms with E-state index in [1.807, 2.05) is 6.07 Å². The molecule has 1 N–H and O–H groups in total. The van der Waals surface area contributed by atoms with Gasteiger partial charge in [0, 0.05) is 55.9 Å². The highest BCUT2D eigenvalue weighted by Gasteiger charge is 2.44. The molecule has 2 aliphatic heterocycles. The lowest BCUT2D eigenvalue weighted by Gasteiger charge is -2.37. The van der Waals surface area contributed by atoms with Crippen molar-refractivity contribution in [1.82, 2.24) is 15.1 Å². The van der Waals surface area contributed by atoms with Crippen LogP contribution >= 0.6 is 0 Å². The van der Waals surface area contributed by atoms with E-state index in [-0.39, 0.29) is 11.1 Å². The van der Waals surface area contributed by atoms with Gasteiger partial charge in [0.25, 0.3) is 0 Å². The molecular formula is C29H41N3O3. The highest BCUT2D eigenvalue weighted by Crippen LogP contribution is 2.43. The number of benzene rings is 2. The molecule has 6 nitrogen and oxygen atoms in total. The molecule has 4 rings (SSSR count). The minimum atomic E-state index is -0.0635. The molecular weight excluding hydrogens is 438 g/mol. The van der Waals surface area contributed by atoms with Crippen molar-refractivity contribution in [2.75, 3.05) is 54.1 Å². The van der Waals surface area contributed by atoms with Crippen LogP contribution in [0.15, 0.2) is 48.0 Å². The standard InChI is InChI=1S/C29H41N3O3/c1-28(2)23(25(29(3,4)30-28)21-11-9-8-10-12-21)20-32-17-15-31(16-18-32)19-22-13-14-24(33-5)27(35-7)26(22)34-6/h8-14,30H,15-20H2,1-7H3. The summed E-state index contributed by atoms with van der Waals surface area (Å²) >= 11 is 0. The van der Waals surface area contributed by atoms with E-state index in [1.165, 1.54) is 16.7 Å². The number of piperazine rings is 1. The number of nitrogens with one attached hydrogen (secondary N) is 1. The van der Waals surface area contributed by atoms with Crippen LogP contribution in [0.1, 0.15) is 38.8 Å². The Balaban J connectivity index is 1.48. The Morgan fingerprint density at radius 1 is 0.714 bits per heavy atom. The van der Waals surface area contributed by atoms with Gasteiger partial charge in [-0.15, -0.1) is 0 Å². The van der Waals surface area contributed by atoms with Gasteiger partial charge in [0.1, 0.15) is 0 Å². The SMILES string of the molecule is COc1ccc(CN2CCN(CC3=C(c4ccccc4)C(C)(C)NC3(C)C)CC2)c(OC)c1OC. The van der Waals surface area contributed by atoms with Crippen molar-refractivity contribution in [3.63, 3.8) is 0 Å². The Morgan fingerprint density at radius 2 is 1.31 bits per heavy atom. The van der Waals surface area contributed by atoms with Crippen LogP contribution in [0.25, 0.3) is 5.57 Å². The molecule has 2 aromatic carbocycles. The van der Waals surface area contributed by atoms with E-state index in [0.29, 0.717) is 11.5 Å². The summed E-state index contributed by atoms with van der Waals surface area (Å²) in [7, 11) is 4.99. The van der Waals surface area contributed by atoms with Gasteiger partial charge in [-0.1, -0.05) is 36.4 Å². The van der Waals surface area contributed by atoms with Crippen molar-refractivity contribution in [3.05, 3.63) is 59.2 Å². The third kappa shape index (κ3) is 5.20. The molecule has 0 atom stereocenters. The fourth-order valence-corrected chi connectivity index (χ4v) is 5.88. The third-order valence-corrected chi connectivity index (χ3v) is 7.39. The van der Waals surface area contributed by atoms with E-state index in [9.17, 15) is 0 Å². The molecule has 1 fully saturated rings. The summed E-state index contributed by atoms with van der Waals surface area (Å²) in [5.74, 6) is 2.11. The van der Waals surface area contributed by atoms with Crippen LogP contribution in [0.3, 0.4) is 0 Å². The molecule has 2 aromatic rings. The van der Waals surface area contributed by atoms with E-state index in [0.717, 1.165) is 50.6 Å². The normalized spacial score (nSPS) is 20.2. The maximum Gasteiger partial charge on any atom is 0.203 e. The van der Waals surface area contributed by atoms with Crippen LogP contribution in [-0.2, 0) is 6.54 Å². The first kappa shape index (κ1) is 25.5. The van der Waals surface area contributed by atoms with Gasteiger partial charge in [0.05, 0.1) is 21.3 Å². The van der Waals surface area contributed by atoms with E-state index < -0.39 is 0 Å². The van der Waals surface area contributed by atoms with Crippen LogP contribution < -0.4 is 19.5 Å². The van der Waals surface area contributed by atoms with Crippen LogP contribution in [0, 0.1) is 0 Å². The average molecular weight is 480 g/mol. The molecule has 0 radical (unpaired) electrons. The molecule has 2 heterocycles. The van der Waals surface area contributed by atoms with Gasteiger partial charge in [-0.2, -0.15) is 0 Å². The molecule has 190 valence electrons. The Bertz CT molecular complexity index is 1050. The van der Waals surface area contributed by atoms with Crippen LogP contribution in [-0.4, -0.2) is 74.9 Å². The van der Waals surface area contributed by atoms with Crippen molar-refractivity contribution in [3.8, 4) is 17.2 Å². The zero-order valence-corrected chi connectivity index (χ0v) is 22.4. The first-order valence-electron chi connectivity index (χ1n) is 12.5. The number of methoxy groups -OCH3 is 3. The number of rotatable bonds is 8. The summed E-state index contributed by atoms with van der Waals surface area (Å²) in [6.07, 6.45) is 0. The fourth-order valence-electron chi connectivity index (χ4n) is 5.88. The van der Waals surface area contributed by atoms with E-state index >= 15 is 0 Å². The highest BCUT2D eigenvalue weighted by atomic mass is 16.5. The predicted octanol–water partition coefficient (Wildman–Crippen LogP) is 4.44. The Labute approximate surface area is 210 Å². The van der Waals surface area contributed by atoms with Crippen LogP contribution in [0.2, 0.25) is 0 Å². The number of hydrogen-bond acceptors (Lipinski definition) is 6. The minimum absolute atomic E-state index is 0.0428. The molecule has 0 amide bonds. The highest BCUT2D eigenvalue weighted by molar-refractivity contribution is 5.80. The maximum atomic E-state index is 5.70. The summed E-state index contributed by atoms with van der Waals surface area (Å²) in [6.45, 7) is 15.2. The largest absolute Gasteiger partial charge is 0.493 e. The molecule has 0 saturated carbocycles. The zero-order chi connectivity index (χ0) is 25.2. The summed E-state index contributed by atoms with van der Waals surface area (Å²) in [4.78, 5) is 5.10. The summed E-state index contributed by atoms with van der Waals surface area (Å²) < 4.78 is 16.7. The van der Waals surface area contributed by atoms with Crippen LogP contribution in [0.4, 0.5) is 0 Å². The third-order valence-electron chi connectivity index (χ3n) is 7.39. The molecule has 6 heteroatoms. The van der Waals surface area contributed by atoms with Crippen molar-refractivity contribution < 1.29 is 14.2 Å². The van der Waals surface area contributed by atoms with Crippen molar-refractivity contribution in [2.45, 2.75) is 45.3 Å². The maximum absolute atomic E-state index is 5.70. The molecule has 2 aliphatic rings. The molecule has 0 aliphatic carbocycles. The fraction of sp³-hybridized carbons (Fsp3) is 0.517. The van der Waals surface area contributed by atoms with Gasteiger partial charge in [0.2, 0.25) is 5.75 Å². The minimum Gasteiger partial charge on any atom is -0.493 e. The van der Waals surface area contributed by atoms with Gasteiger partial charge in [-0.3, -0.25) is 15.1 Å². The van der Waals surface area contributed by atoms with Gasteiger partial charge in [0.15, 0.2) is 11.5 Å². The second kappa shape index (κ2) is 10.2. The molecule has 0 aromatic heterocycles.